The highest BCUT2D eigenvalue weighted by molar-refractivity contribution is 7.80. The van der Waals surface area contributed by atoms with Crippen LogP contribution in [0.25, 0.3) is 0 Å². The van der Waals surface area contributed by atoms with Gasteiger partial charge in [0.25, 0.3) is 0 Å². The van der Waals surface area contributed by atoms with Gasteiger partial charge in [0.15, 0.2) is 5.05 Å². The number of methoxy groups -OCH3 is 1. The first-order chi connectivity index (χ1) is 5.75. The SMILES string of the molecule is COC(=S)[C@@H](O)c1ccccc1. The molecule has 0 bridgehead atoms. The van der Waals surface area contributed by atoms with Gasteiger partial charge in [-0.2, -0.15) is 0 Å². The van der Waals surface area contributed by atoms with E-state index in [2.05, 4.69) is 0 Å². The Morgan fingerprint density at radius 3 is 2.50 bits per heavy atom. The topological polar surface area (TPSA) is 29.5 Å². The molecular weight excluding hydrogens is 172 g/mol. The molecule has 1 aromatic rings. The lowest BCUT2D eigenvalue weighted by Crippen LogP contribution is -2.10. The molecule has 1 atom stereocenters. The Kier molecular flexibility index (Phi) is 3.19. The van der Waals surface area contributed by atoms with E-state index < -0.39 is 6.10 Å². The second kappa shape index (κ2) is 4.18. The lowest BCUT2D eigenvalue weighted by atomic mass is 10.1. The van der Waals surface area contributed by atoms with Gasteiger partial charge < -0.3 is 9.84 Å². The summed E-state index contributed by atoms with van der Waals surface area (Å²) in [6, 6.07) is 9.17. The quantitative estimate of drug-likeness (QED) is 0.706. The maximum atomic E-state index is 9.52. The third-order valence-electron chi connectivity index (χ3n) is 1.54. The summed E-state index contributed by atoms with van der Waals surface area (Å²) in [4.78, 5) is 0. The van der Waals surface area contributed by atoms with Gasteiger partial charge in [0, 0.05) is 0 Å². The first-order valence-electron chi connectivity index (χ1n) is 3.56. The molecule has 0 saturated carbocycles. The van der Waals surface area contributed by atoms with Crippen LogP contribution in [-0.2, 0) is 4.74 Å². The highest BCUT2D eigenvalue weighted by Gasteiger charge is 2.12. The second-order valence-electron chi connectivity index (χ2n) is 2.34. The van der Waals surface area contributed by atoms with Crippen LogP contribution in [0.3, 0.4) is 0 Å². The van der Waals surface area contributed by atoms with Crippen molar-refractivity contribution in [2.45, 2.75) is 6.10 Å². The Balaban J connectivity index is 2.78. The molecule has 0 heterocycles. The molecule has 1 N–H and O–H groups in total. The zero-order valence-electron chi connectivity index (χ0n) is 6.73. The van der Waals surface area contributed by atoms with Crippen LogP contribution in [-0.4, -0.2) is 17.3 Å². The van der Waals surface area contributed by atoms with Gasteiger partial charge in [0.05, 0.1) is 7.11 Å². The van der Waals surface area contributed by atoms with E-state index in [-0.39, 0.29) is 5.05 Å². The van der Waals surface area contributed by atoms with Gasteiger partial charge in [0.1, 0.15) is 6.10 Å². The third-order valence-corrected chi connectivity index (χ3v) is 1.93. The van der Waals surface area contributed by atoms with Gasteiger partial charge in [-0.3, -0.25) is 0 Å². The highest BCUT2D eigenvalue weighted by atomic mass is 32.1. The average molecular weight is 182 g/mol. The van der Waals surface area contributed by atoms with E-state index in [1.165, 1.54) is 7.11 Å². The minimum atomic E-state index is -0.800. The van der Waals surface area contributed by atoms with Crippen LogP contribution in [0, 0.1) is 0 Å². The number of rotatable bonds is 2. The Morgan fingerprint density at radius 1 is 1.42 bits per heavy atom. The van der Waals surface area contributed by atoms with Crippen LogP contribution in [0.1, 0.15) is 11.7 Å². The maximum absolute atomic E-state index is 9.52. The number of ether oxygens (including phenoxy) is 1. The van der Waals surface area contributed by atoms with Crippen LogP contribution in [0.4, 0.5) is 0 Å². The number of benzene rings is 1. The van der Waals surface area contributed by atoms with Crippen LogP contribution in [0.2, 0.25) is 0 Å². The van der Waals surface area contributed by atoms with Crippen LogP contribution < -0.4 is 0 Å². The fourth-order valence-electron chi connectivity index (χ4n) is 0.883. The first kappa shape index (κ1) is 9.16. The molecular formula is C9H10O2S. The van der Waals surface area contributed by atoms with Crippen molar-refractivity contribution in [1.29, 1.82) is 0 Å². The predicted molar refractivity (Wildman–Crippen MR) is 51.0 cm³/mol. The van der Waals surface area contributed by atoms with Crippen LogP contribution in [0.15, 0.2) is 30.3 Å². The summed E-state index contributed by atoms with van der Waals surface area (Å²) < 4.78 is 4.75. The highest BCUT2D eigenvalue weighted by Crippen LogP contribution is 2.13. The smallest absolute Gasteiger partial charge is 0.192 e. The molecule has 12 heavy (non-hydrogen) atoms. The zero-order valence-corrected chi connectivity index (χ0v) is 7.54. The van der Waals surface area contributed by atoms with Gasteiger partial charge in [-0.25, -0.2) is 0 Å². The van der Waals surface area contributed by atoms with Gasteiger partial charge >= 0.3 is 0 Å². The second-order valence-corrected chi connectivity index (χ2v) is 2.74. The van der Waals surface area contributed by atoms with Crippen molar-refractivity contribution < 1.29 is 9.84 Å². The standard InChI is InChI=1S/C9H10O2S/c1-11-9(12)8(10)7-5-3-2-4-6-7/h2-6,8,10H,1H3/t8-/m0/s1. The summed E-state index contributed by atoms with van der Waals surface area (Å²) in [6.07, 6.45) is -0.800. The summed E-state index contributed by atoms with van der Waals surface area (Å²) in [5.74, 6) is 0. The average Bonchev–Trinajstić information content (AvgIpc) is 2.17. The Bertz CT molecular complexity index is 258. The minimum absolute atomic E-state index is 0.196. The molecule has 1 rings (SSSR count). The lowest BCUT2D eigenvalue weighted by molar-refractivity contribution is 0.213. The number of thiocarbonyl (C=S) groups is 1. The lowest BCUT2D eigenvalue weighted by Gasteiger charge is -2.10. The van der Waals surface area contributed by atoms with E-state index in [1.807, 2.05) is 18.2 Å². The molecule has 0 aliphatic heterocycles. The molecule has 64 valence electrons. The maximum Gasteiger partial charge on any atom is 0.192 e. The molecule has 0 unspecified atom stereocenters. The van der Waals surface area contributed by atoms with E-state index in [0.717, 1.165) is 5.56 Å². The molecule has 0 saturated heterocycles. The van der Waals surface area contributed by atoms with Crippen molar-refractivity contribution in [3.8, 4) is 0 Å². The molecule has 1 aromatic carbocycles. The van der Waals surface area contributed by atoms with Crippen molar-refractivity contribution in [1.82, 2.24) is 0 Å². The zero-order chi connectivity index (χ0) is 8.97. The Labute approximate surface area is 76.8 Å². The van der Waals surface area contributed by atoms with Gasteiger partial charge in [-0.15, -0.1) is 0 Å². The summed E-state index contributed by atoms with van der Waals surface area (Å²) in [5.41, 5.74) is 0.754. The third kappa shape index (κ3) is 2.03. The summed E-state index contributed by atoms with van der Waals surface area (Å²) >= 11 is 4.79. The van der Waals surface area contributed by atoms with E-state index >= 15 is 0 Å². The number of aliphatic hydroxyl groups is 1. The number of hydrogen-bond acceptors (Lipinski definition) is 3. The van der Waals surface area contributed by atoms with Gasteiger partial charge in [-0.05, 0) is 17.8 Å². The van der Waals surface area contributed by atoms with Crippen molar-refractivity contribution in [3.63, 3.8) is 0 Å². The fourth-order valence-corrected chi connectivity index (χ4v) is 1.02. The van der Waals surface area contributed by atoms with Crippen molar-refractivity contribution in [3.05, 3.63) is 35.9 Å². The number of aliphatic hydroxyl groups excluding tert-OH is 1. The minimum Gasteiger partial charge on any atom is -0.488 e. The Morgan fingerprint density at radius 2 is 2.00 bits per heavy atom. The molecule has 0 radical (unpaired) electrons. The van der Waals surface area contributed by atoms with Crippen molar-refractivity contribution in [2.75, 3.05) is 7.11 Å². The normalized spacial score (nSPS) is 12.2. The van der Waals surface area contributed by atoms with Gasteiger partial charge in [0.2, 0.25) is 0 Å². The Hall–Kier alpha value is -0.930. The summed E-state index contributed by atoms with van der Waals surface area (Å²) in [7, 11) is 1.45. The van der Waals surface area contributed by atoms with Gasteiger partial charge in [-0.1, -0.05) is 30.3 Å². The van der Waals surface area contributed by atoms with E-state index in [1.54, 1.807) is 12.1 Å². The largest absolute Gasteiger partial charge is 0.488 e. The number of hydrogen-bond donors (Lipinski definition) is 1. The summed E-state index contributed by atoms with van der Waals surface area (Å²) in [6.45, 7) is 0. The van der Waals surface area contributed by atoms with E-state index in [4.69, 9.17) is 17.0 Å². The molecule has 0 aliphatic carbocycles. The predicted octanol–water partition coefficient (Wildman–Crippen LogP) is 1.69. The molecule has 3 heteroatoms. The molecule has 0 fully saturated rings. The van der Waals surface area contributed by atoms with Crippen LogP contribution >= 0.6 is 12.2 Å². The van der Waals surface area contributed by atoms with E-state index in [9.17, 15) is 5.11 Å². The van der Waals surface area contributed by atoms with Crippen molar-refractivity contribution in [2.24, 2.45) is 0 Å². The van der Waals surface area contributed by atoms with Crippen LogP contribution in [0.5, 0.6) is 0 Å². The fraction of sp³-hybridized carbons (Fsp3) is 0.222. The molecule has 0 aliphatic rings. The monoisotopic (exact) mass is 182 g/mol. The summed E-state index contributed by atoms with van der Waals surface area (Å²) in [5, 5.41) is 9.72. The van der Waals surface area contributed by atoms with Crippen molar-refractivity contribution >= 4 is 17.3 Å². The molecule has 2 nitrogen and oxygen atoms in total. The molecule has 0 spiro atoms. The first-order valence-corrected chi connectivity index (χ1v) is 3.97. The molecule has 0 amide bonds. The van der Waals surface area contributed by atoms with E-state index in [0.29, 0.717) is 0 Å². The molecule has 0 aromatic heterocycles.